The number of nitrogens with zero attached hydrogens (tertiary/aromatic N) is 2. The number of carbonyl (C=O) groups excluding carboxylic acids is 1. The molecule has 0 bridgehead atoms. The van der Waals surface area contributed by atoms with Crippen LogP contribution in [0.3, 0.4) is 0 Å². The Bertz CT molecular complexity index is 1130. The number of aryl methyl sites for hydroxylation is 3. The number of hydrogen-bond donors (Lipinski definition) is 2. The molecule has 0 radical (unpaired) electrons. The van der Waals surface area contributed by atoms with E-state index >= 15 is 0 Å². The Morgan fingerprint density at radius 1 is 1.19 bits per heavy atom. The Labute approximate surface area is 158 Å². The number of nitrogens with one attached hydrogen (secondary N) is 2. The van der Waals surface area contributed by atoms with E-state index in [9.17, 15) is 13.2 Å². The summed E-state index contributed by atoms with van der Waals surface area (Å²) >= 11 is 0. The third-order valence-electron chi connectivity index (χ3n) is 4.59. The summed E-state index contributed by atoms with van der Waals surface area (Å²) in [4.78, 5) is 17.3. The Hall–Kier alpha value is -2.71. The van der Waals surface area contributed by atoms with Gasteiger partial charge in [0.2, 0.25) is 10.0 Å². The van der Waals surface area contributed by atoms with E-state index in [0.717, 1.165) is 28.8 Å². The van der Waals surface area contributed by atoms with E-state index in [1.807, 2.05) is 24.6 Å². The summed E-state index contributed by atoms with van der Waals surface area (Å²) in [5.41, 5.74) is 3.40. The summed E-state index contributed by atoms with van der Waals surface area (Å²) in [6, 6.07) is 9.97. The van der Waals surface area contributed by atoms with Crippen molar-refractivity contribution in [1.82, 2.24) is 14.3 Å². The molecule has 0 atom stereocenters. The Morgan fingerprint density at radius 3 is 2.59 bits per heavy atom. The van der Waals surface area contributed by atoms with Gasteiger partial charge < -0.3 is 9.88 Å². The van der Waals surface area contributed by atoms with Crippen LogP contribution in [0.5, 0.6) is 0 Å². The highest BCUT2D eigenvalue weighted by Crippen LogP contribution is 2.22. The van der Waals surface area contributed by atoms with Gasteiger partial charge in [-0.2, -0.15) is 0 Å². The highest BCUT2D eigenvalue weighted by molar-refractivity contribution is 7.89. The summed E-state index contributed by atoms with van der Waals surface area (Å²) in [7, 11) is -0.289. The molecule has 0 saturated heterocycles. The monoisotopic (exact) mass is 386 g/mol. The molecule has 1 heterocycles. The molecule has 0 unspecified atom stereocenters. The molecule has 0 aliphatic carbocycles. The first-order chi connectivity index (χ1) is 12.8. The van der Waals surface area contributed by atoms with Crippen LogP contribution in [0.2, 0.25) is 0 Å². The van der Waals surface area contributed by atoms with E-state index in [2.05, 4.69) is 15.0 Å². The number of carbonyl (C=O) groups is 1. The van der Waals surface area contributed by atoms with Crippen molar-refractivity contribution in [2.45, 2.75) is 25.2 Å². The largest absolute Gasteiger partial charge is 0.331 e. The molecule has 2 aromatic carbocycles. The quantitative estimate of drug-likeness (QED) is 0.705. The number of anilines is 1. The second kappa shape index (κ2) is 7.13. The highest BCUT2D eigenvalue weighted by Gasteiger charge is 2.16. The zero-order chi connectivity index (χ0) is 19.8. The first-order valence-electron chi connectivity index (χ1n) is 8.57. The molecular weight excluding hydrogens is 364 g/mol. The van der Waals surface area contributed by atoms with Crippen LogP contribution in [-0.2, 0) is 23.5 Å². The van der Waals surface area contributed by atoms with Gasteiger partial charge in [0.1, 0.15) is 5.82 Å². The van der Waals surface area contributed by atoms with Crippen molar-refractivity contribution < 1.29 is 13.2 Å². The lowest BCUT2D eigenvalue weighted by Gasteiger charge is -2.11. The number of amides is 1. The minimum absolute atomic E-state index is 0.0960. The van der Waals surface area contributed by atoms with Gasteiger partial charge in [-0.05, 0) is 49.9 Å². The van der Waals surface area contributed by atoms with Crippen molar-refractivity contribution in [2.75, 3.05) is 12.4 Å². The van der Waals surface area contributed by atoms with Crippen LogP contribution < -0.4 is 10.0 Å². The van der Waals surface area contributed by atoms with Crippen LogP contribution in [0.4, 0.5) is 5.69 Å². The third kappa shape index (κ3) is 3.58. The zero-order valence-electron chi connectivity index (χ0n) is 15.7. The molecule has 7 nitrogen and oxygen atoms in total. The molecular formula is C19H22N4O3S. The number of aromatic nitrogens is 2. The van der Waals surface area contributed by atoms with E-state index in [4.69, 9.17) is 0 Å². The average molecular weight is 386 g/mol. The lowest BCUT2D eigenvalue weighted by molar-refractivity contribution is 0.102. The Balaban J connectivity index is 1.93. The fourth-order valence-electron chi connectivity index (χ4n) is 2.92. The molecule has 0 aliphatic rings. The molecule has 3 rings (SSSR count). The van der Waals surface area contributed by atoms with E-state index in [-0.39, 0.29) is 10.8 Å². The van der Waals surface area contributed by atoms with Crippen LogP contribution in [-0.4, -0.2) is 30.9 Å². The molecule has 0 spiro atoms. The number of fused-ring (bicyclic) bond motifs is 1. The van der Waals surface area contributed by atoms with Gasteiger partial charge in [0.15, 0.2) is 0 Å². The lowest BCUT2D eigenvalue weighted by Crippen LogP contribution is -2.19. The summed E-state index contributed by atoms with van der Waals surface area (Å²) < 4.78 is 28.3. The van der Waals surface area contributed by atoms with Crippen molar-refractivity contribution in [3.05, 3.63) is 53.3 Å². The zero-order valence-corrected chi connectivity index (χ0v) is 16.5. The molecule has 1 aromatic heterocycles. The second-order valence-corrected chi connectivity index (χ2v) is 8.17. The second-order valence-electron chi connectivity index (χ2n) is 6.28. The highest BCUT2D eigenvalue weighted by atomic mass is 32.2. The van der Waals surface area contributed by atoms with Crippen molar-refractivity contribution in [2.24, 2.45) is 7.05 Å². The predicted molar refractivity (Wildman–Crippen MR) is 105 cm³/mol. The SMILES string of the molecule is CCc1nc2cc(C(=O)Nc3cc(S(=O)(=O)NC)ccc3C)ccc2n1C. The fourth-order valence-corrected chi connectivity index (χ4v) is 3.68. The number of hydrogen-bond acceptors (Lipinski definition) is 4. The van der Waals surface area contributed by atoms with E-state index in [1.54, 1.807) is 25.1 Å². The van der Waals surface area contributed by atoms with Gasteiger partial charge in [-0.25, -0.2) is 18.1 Å². The van der Waals surface area contributed by atoms with Crippen LogP contribution in [0.25, 0.3) is 11.0 Å². The van der Waals surface area contributed by atoms with Crippen molar-refractivity contribution >= 4 is 32.7 Å². The Kier molecular flexibility index (Phi) is 5.03. The molecule has 27 heavy (non-hydrogen) atoms. The summed E-state index contributed by atoms with van der Waals surface area (Å²) in [6.45, 7) is 3.84. The molecule has 3 aromatic rings. The van der Waals surface area contributed by atoms with Gasteiger partial charge in [0.05, 0.1) is 15.9 Å². The summed E-state index contributed by atoms with van der Waals surface area (Å²) in [5.74, 6) is 0.631. The average Bonchev–Trinajstić information content (AvgIpc) is 2.98. The maximum atomic E-state index is 12.7. The number of benzene rings is 2. The maximum Gasteiger partial charge on any atom is 0.255 e. The minimum atomic E-state index is -3.59. The van der Waals surface area contributed by atoms with E-state index < -0.39 is 10.0 Å². The van der Waals surface area contributed by atoms with Gasteiger partial charge in [-0.1, -0.05) is 13.0 Å². The molecule has 8 heteroatoms. The van der Waals surface area contributed by atoms with Crippen LogP contribution in [0.1, 0.15) is 28.7 Å². The molecule has 2 N–H and O–H groups in total. The van der Waals surface area contributed by atoms with Crippen molar-refractivity contribution in [3.8, 4) is 0 Å². The van der Waals surface area contributed by atoms with Crippen LogP contribution in [0.15, 0.2) is 41.3 Å². The normalized spacial score (nSPS) is 11.7. The van der Waals surface area contributed by atoms with E-state index in [0.29, 0.717) is 11.3 Å². The summed E-state index contributed by atoms with van der Waals surface area (Å²) in [5, 5.41) is 2.80. The maximum absolute atomic E-state index is 12.7. The topological polar surface area (TPSA) is 93.1 Å². The molecule has 0 saturated carbocycles. The Morgan fingerprint density at radius 2 is 1.93 bits per heavy atom. The predicted octanol–water partition coefficient (Wildman–Crippen LogP) is 2.60. The number of rotatable bonds is 5. The van der Waals surface area contributed by atoms with Crippen LogP contribution >= 0.6 is 0 Å². The molecule has 142 valence electrons. The number of sulfonamides is 1. The minimum Gasteiger partial charge on any atom is -0.331 e. The first kappa shape index (κ1) is 19.1. The standard InChI is InChI=1S/C19H22N4O3S/c1-5-18-21-16-10-13(7-9-17(16)23(18)4)19(24)22-15-11-14(8-6-12(15)2)27(25,26)20-3/h6-11,20H,5H2,1-4H3,(H,22,24). The van der Waals surface area contributed by atoms with Gasteiger partial charge >= 0.3 is 0 Å². The van der Waals surface area contributed by atoms with Gasteiger partial charge in [-0.3, -0.25) is 4.79 Å². The molecule has 1 amide bonds. The van der Waals surface area contributed by atoms with Crippen molar-refractivity contribution in [3.63, 3.8) is 0 Å². The lowest BCUT2D eigenvalue weighted by atomic mass is 10.1. The van der Waals surface area contributed by atoms with Crippen LogP contribution in [0, 0.1) is 6.92 Å². The molecule has 0 aliphatic heterocycles. The number of imidazole rings is 1. The fraction of sp³-hybridized carbons (Fsp3) is 0.263. The molecule has 0 fully saturated rings. The smallest absolute Gasteiger partial charge is 0.255 e. The summed E-state index contributed by atoms with van der Waals surface area (Å²) in [6.07, 6.45) is 0.804. The first-order valence-corrected chi connectivity index (χ1v) is 10.1. The van der Waals surface area contributed by atoms with Gasteiger partial charge in [-0.15, -0.1) is 0 Å². The van der Waals surface area contributed by atoms with E-state index in [1.165, 1.54) is 19.2 Å². The third-order valence-corrected chi connectivity index (χ3v) is 6.00. The van der Waals surface area contributed by atoms with Gasteiger partial charge in [0, 0.05) is 24.7 Å². The van der Waals surface area contributed by atoms with Gasteiger partial charge in [0.25, 0.3) is 5.91 Å². The van der Waals surface area contributed by atoms with Crippen molar-refractivity contribution in [1.29, 1.82) is 0 Å².